The summed E-state index contributed by atoms with van der Waals surface area (Å²) in [4.78, 5) is 10.5. The summed E-state index contributed by atoms with van der Waals surface area (Å²) < 4.78 is 44.7. The highest BCUT2D eigenvalue weighted by molar-refractivity contribution is 6.91. The van der Waals surface area contributed by atoms with Crippen LogP contribution in [0, 0.1) is 0 Å². The highest BCUT2D eigenvalue weighted by atomic mass is 28.4. The lowest BCUT2D eigenvalue weighted by atomic mass is 10.5. The van der Waals surface area contributed by atoms with Gasteiger partial charge in [0.15, 0.2) is 5.91 Å². The molecule has 0 rings (SSSR count). The van der Waals surface area contributed by atoms with Gasteiger partial charge in [-0.1, -0.05) is 0 Å². The van der Waals surface area contributed by atoms with Gasteiger partial charge in [-0.2, -0.15) is 13.2 Å². The van der Waals surface area contributed by atoms with Crippen LogP contribution in [0.4, 0.5) is 13.2 Å². The zero-order valence-electron chi connectivity index (χ0n) is 7.35. The summed E-state index contributed by atoms with van der Waals surface area (Å²) in [7, 11) is -0.866. The number of carbonyl (C=O) groups is 1. The van der Waals surface area contributed by atoms with Crippen LogP contribution in [0.5, 0.6) is 0 Å². The molecule has 0 fully saturated rings. The molecule has 0 saturated carbocycles. The maximum Gasteiger partial charge on any atom is 0.406 e. The Balaban J connectivity index is 4.19. The molecular formula is C6H11F3O3Si. The SMILES string of the molecule is CO[Si](C=O)(CCC(F)(F)F)OC. The van der Waals surface area contributed by atoms with Crippen molar-refractivity contribution < 1.29 is 26.8 Å². The molecule has 13 heavy (non-hydrogen) atoms. The molecule has 78 valence electrons. The number of halogens is 3. The zero-order chi connectivity index (χ0) is 10.5. The minimum Gasteiger partial charge on any atom is -0.393 e. The summed E-state index contributed by atoms with van der Waals surface area (Å²) in [5.41, 5.74) is 0. The molecule has 7 heteroatoms. The molecule has 0 aromatic heterocycles. The van der Waals surface area contributed by atoms with E-state index in [-0.39, 0.29) is 0 Å². The van der Waals surface area contributed by atoms with Crippen molar-refractivity contribution in [3.63, 3.8) is 0 Å². The molecule has 0 spiro atoms. The quantitative estimate of drug-likeness (QED) is 0.515. The van der Waals surface area contributed by atoms with Gasteiger partial charge in [-0.15, -0.1) is 0 Å². The van der Waals surface area contributed by atoms with Gasteiger partial charge in [-0.25, -0.2) is 0 Å². The highest BCUT2D eigenvalue weighted by Crippen LogP contribution is 2.25. The number of rotatable bonds is 5. The summed E-state index contributed by atoms with van der Waals surface area (Å²) in [6.45, 7) is 0. The summed E-state index contributed by atoms with van der Waals surface area (Å²) >= 11 is 0. The average molecular weight is 216 g/mol. The van der Waals surface area contributed by atoms with Gasteiger partial charge < -0.3 is 13.6 Å². The van der Waals surface area contributed by atoms with E-state index in [9.17, 15) is 18.0 Å². The fourth-order valence-electron chi connectivity index (χ4n) is 0.759. The number of hydrogen-bond acceptors (Lipinski definition) is 3. The van der Waals surface area contributed by atoms with Crippen molar-refractivity contribution in [2.45, 2.75) is 18.6 Å². The minimum atomic E-state index is -4.28. The number of carbonyl (C=O) groups excluding carboxylic acids is 1. The second-order valence-corrected chi connectivity index (χ2v) is 5.63. The Labute approximate surface area is 75.1 Å². The molecule has 0 saturated heterocycles. The first-order valence-corrected chi connectivity index (χ1v) is 5.62. The van der Waals surface area contributed by atoms with Gasteiger partial charge in [0.1, 0.15) is 0 Å². The van der Waals surface area contributed by atoms with Gasteiger partial charge in [0.25, 0.3) is 0 Å². The van der Waals surface area contributed by atoms with Crippen LogP contribution in [-0.2, 0) is 13.6 Å². The third kappa shape index (κ3) is 4.39. The molecule has 0 aliphatic heterocycles. The lowest BCUT2D eigenvalue weighted by molar-refractivity contribution is -0.131. The summed E-state index contributed by atoms with van der Waals surface area (Å²) in [5, 5.41) is 0. The van der Waals surface area contributed by atoms with E-state index < -0.39 is 27.2 Å². The first-order valence-electron chi connectivity index (χ1n) is 3.52. The molecular weight excluding hydrogens is 205 g/mol. The van der Waals surface area contributed by atoms with Gasteiger partial charge in [0.05, 0.1) is 0 Å². The molecule has 0 aromatic carbocycles. The Morgan fingerprint density at radius 2 is 1.77 bits per heavy atom. The first-order chi connectivity index (χ1) is 5.89. The lowest BCUT2D eigenvalue weighted by Crippen LogP contribution is -2.43. The molecule has 0 radical (unpaired) electrons. The predicted octanol–water partition coefficient (Wildman–Crippen LogP) is 1.45. The smallest absolute Gasteiger partial charge is 0.393 e. The third-order valence-corrected chi connectivity index (χ3v) is 4.32. The highest BCUT2D eigenvalue weighted by Gasteiger charge is 2.40. The average Bonchev–Trinajstić information content (AvgIpc) is 2.06. The van der Waals surface area contributed by atoms with E-state index in [1.165, 1.54) is 14.2 Å². The fourth-order valence-corrected chi connectivity index (χ4v) is 2.28. The van der Waals surface area contributed by atoms with Gasteiger partial charge in [0.2, 0.25) is 0 Å². The van der Waals surface area contributed by atoms with E-state index in [0.717, 1.165) is 0 Å². The molecule has 3 nitrogen and oxygen atoms in total. The largest absolute Gasteiger partial charge is 0.406 e. The van der Waals surface area contributed by atoms with E-state index in [0.29, 0.717) is 5.91 Å². The third-order valence-electron chi connectivity index (χ3n) is 1.63. The van der Waals surface area contributed by atoms with Gasteiger partial charge in [0, 0.05) is 26.7 Å². The fraction of sp³-hybridized carbons (Fsp3) is 0.833. The van der Waals surface area contributed by atoms with Crippen molar-refractivity contribution in [1.29, 1.82) is 0 Å². The number of hydrogen-bond donors (Lipinski definition) is 0. The predicted molar refractivity (Wildman–Crippen MR) is 42.0 cm³/mol. The van der Waals surface area contributed by atoms with Crippen LogP contribution in [0.1, 0.15) is 6.42 Å². The van der Waals surface area contributed by atoms with Gasteiger partial charge >= 0.3 is 14.7 Å². The van der Waals surface area contributed by atoms with Crippen LogP contribution in [0.3, 0.4) is 0 Å². The monoisotopic (exact) mass is 216 g/mol. The van der Waals surface area contributed by atoms with E-state index in [1.807, 2.05) is 0 Å². The van der Waals surface area contributed by atoms with Crippen LogP contribution in [0.15, 0.2) is 0 Å². The zero-order valence-corrected chi connectivity index (χ0v) is 8.35. The minimum absolute atomic E-state index is 0.360. The van der Waals surface area contributed by atoms with E-state index in [1.54, 1.807) is 0 Å². The van der Waals surface area contributed by atoms with Crippen LogP contribution in [0.2, 0.25) is 6.04 Å². The Kier molecular flexibility index (Phi) is 4.58. The molecule has 0 aliphatic rings. The van der Waals surface area contributed by atoms with E-state index in [4.69, 9.17) is 0 Å². The van der Waals surface area contributed by atoms with Gasteiger partial charge in [-0.05, 0) is 0 Å². The summed E-state index contributed by atoms with van der Waals surface area (Å²) in [6.07, 6.45) is -5.34. The van der Waals surface area contributed by atoms with Crippen molar-refractivity contribution in [1.82, 2.24) is 0 Å². The van der Waals surface area contributed by atoms with Crippen molar-refractivity contribution >= 4 is 14.5 Å². The maximum absolute atomic E-state index is 11.8. The Hall–Kier alpha value is -0.403. The van der Waals surface area contributed by atoms with Crippen LogP contribution in [-0.4, -0.2) is 34.9 Å². The van der Waals surface area contributed by atoms with Crippen molar-refractivity contribution in [2.24, 2.45) is 0 Å². The van der Waals surface area contributed by atoms with Crippen molar-refractivity contribution in [3.05, 3.63) is 0 Å². The molecule has 0 amide bonds. The lowest BCUT2D eigenvalue weighted by Gasteiger charge is -2.21. The number of alkyl halides is 3. The summed E-state index contributed by atoms with van der Waals surface area (Å²) in [5.74, 6) is 0.360. The Morgan fingerprint density at radius 1 is 1.31 bits per heavy atom. The van der Waals surface area contributed by atoms with Crippen molar-refractivity contribution in [2.75, 3.05) is 14.2 Å². The second-order valence-electron chi connectivity index (χ2n) is 2.45. The molecule has 0 bridgehead atoms. The Bertz CT molecular complexity index is 167. The first kappa shape index (κ1) is 12.6. The molecule has 0 heterocycles. The van der Waals surface area contributed by atoms with Crippen LogP contribution in [0.25, 0.3) is 0 Å². The van der Waals surface area contributed by atoms with E-state index in [2.05, 4.69) is 8.85 Å². The molecule has 0 aromatic rings. The standard InChI is InChI=1S/C6H11F3O3Si/c1-11-13(5-10,12-2)4-3-6(7,8)9/h5H,3-4H2,1-2H3. The molecule has 0 atom stereocenters. The molecule has 0 aliphatic carbocycles. The van der Waals surface area contributed by atoms with Gasteiger partial charge in [-0.3, -0.25) is 0 Å². The molecule has 0 unspecified atom stereocenters. The van der Waals surface area contributed by atoms with E-state index >= 15 is 0 Å². The van der Waals surface area contributed by atoms with Crippen molar-refractivity contribution in [3.8, 4) is 0 Å². The topological polar surface area (TPSA) is 35.5 Å². The molecule has 0 N–H and O–H groups in total. The summed E-state index contributed by atoms with van der Waals surface area (Å²) in [6, 6.07) is -0.396. The van der Waals surface area contributed by atoms with Crippen LogP contribution < -0.4 is 0 Å². The van der Waals surface area contributed by atoms with Crippen LogP contribution >= 0.6 is 0 Å². The maximum atomic E-state index is 11.8. The normalized spacial score (nSPS) is 13.0. The second kappa shape index (κ2) is 4.73. The Morgan fingerprint density at radius 3 is 2.00 bits per heavy atom.